The van der Waals surface area contributed by atoms with E-state index in [1.807, 2.05) is 0 Å². The van der Waals surface area contributed by atoms with Gasteiger partial charge in [0.25, 0.3) is 5.09 Å². The number of carbonyl (C=O) groups is 2. The van der Waals surface area contributed by atoms with Crippen LogP contribution in [0.5, 0.6) is 0 Å². The van der Waals surface area contributed by atoms with Crippen molar-refractivity contribution in [1.82, 2.24) is 4.90 Å². The van der Waals surface area contributed by atoms with Gasteiger partial charge in [0, 0.05) is 6.54 Å². The van der Waals surface area contributed by atoms with Gasteiger partial charge in [-0.1, -0.05) is 0 Å². The average Bonchev–Trinajstić information content (AvgIpc) is 3.23. The van der Waals surface area contributed by atoms with Crippen LogP contribution in [0, 0.1) is 10.1 Å². The first-order valence-electron chi connectivity index (χ1n) is 8.90. The van der Waals surface area contributed by atoms with Crippen LogP contribution in [0.25, 0.3) is 0 Å². The normalized spacial score (nSPS) is 32.9. The monoisotopic (exact) mass is 388 g/mol. The van der Waals surface area contributed by atoms with Gasteiger partial charge >= 0.3 is 12.1 Å². The van der Waals surface area contributed by atoms with Gasteiger partial charge in [0.2, 0.25) is 0 Å². The molecule has 5 atom stereocenters. The van der Waals surface area contributed by atoms with Crippen molar-refractivity contribution in [2.24, 2.45) is 0 Å². The van der Waals surface area contributed by atoms with Gasteiger partial charge in [-0.15, -0.1) is 10.1 Å². The molecule has 3 aliphatic heterocycles. The van der Waals surface area contributed by atoms with Gasteiger partial charge in [0.1, 0.15) is 23.9 Å². The van der Waals surface area contributed by atoms with Crippen LogP contribution in [0.1, 0.15) is 33.6 Å². The Morgan fingerprint density at radius 2 is 1.78 bits per heavy atom. The second-order valence-corrected chi connectivity index (χ2v) is 7.77. The molecule has 3 fully saturated rings. The molecule has 0 aromatic rings. The van der Waals surface area contributed by atoms with E-state index in [0.29, 0.717) is 19.4 Å². The Labute approximate surface area is 155 Å². The zero-order valence-electron chi connectivity index (χ0n) is 15.5. The summed E-state index contributed by atoms with van der Waals surface area (Å²) in [6.07, 6.45) is -2.26. The third kappa shape index (κ3) is 4.41. The highest BCUT2D eigenvalue weighted by Gasteiger charge is 2.52. The van der Waals surface area contributed by atoms with E-state index >= 15 is 0 Å². The molecule has 3 heterocycles. The van der Waals surface area contributed by atoms with Crippen molar-refractivity contribution in [1.29, 1.82) is 0 Å². The summed E-state index contributed by atoms with van der Waals surface area (Å²) < 4.78 is 21.8. The van der Waals surface area contributed by atoms with Crippen LogP contribution in [0.15, 0.2) is 0 Å². The fraction of sp³-hybridized carbons (Fsp3) is 0.875. The summed E-state index contributed by atoms with van der Waals surface area (Å²) in [6, 6.07) is -0.730. The molecule has 3 aliphatic rings. The van der Waals surface area contributed by atoms with Crippen LogP contribution in [-0.4, -0.2) is 77.9 Å². The second-order valence-electron chi connectivity index (χ2n) is 7.77. The topological polar surface area (TPSA) is 127 Å². The largest absolute Gasteiger partial charge is 0.455 e. The lowest BCUT2D eigenvalue weighted by atomic mass is 10.1. The third-order valence-corrected chi connectivity index (χ3v) is 4.60. The number of rotatable bonds is 4. The molecule has 0 radical (unpaired) electrons. The maximum Gasteiger partial charge on any atom is 0.411 e. The molecule has 0 aliphatic carbocycles. The fourth-order valence-electron chi connectivity index (χ4n) is 3.51. The van der Waals surface area contributed by atoms with Gasteiger partial charge in [-0.25, -0.2) is 9.59 Å². The van der Waals surface area contributed by atoms with E-state index in [4.69, 9.17) is 18.9 Å². The average molecular weight is 388 g/mol. The lowest BCUT2D eigenvalue weighted by Gasteiger charge is -2.28. The van der Waals surface area contributed by atoms with Gasteiger partial charge in [-0.3, -0.25) is 4.90 Å². The molecule has 0 aromatic carbocycles. The molecule has 0 bridgehead atoms. The standard InChI is InChI=1S/C16H24N2O9/c1-16(2,3)26-15(20)17-6-4-5-9(17)14(19)25-10-7-23-13-11(27-18(21)22)8-24-12(10)13/h9-13H,4-8H2,1-3H3/t9-,10-,11+,12-,13+/m0/s1. The maximum atomic E-state index is 12.6. The van der Waals surface area contributed by atoms with Crippen molar-refractivity contribution in [3.8, 4) is 0 Å². The molecule has 0 saturated carbocycles. The molecule has 27 heavy (non-hydrogen) atoms. The summed E-state index contributed by atoms with van der Waals surface area (Å²) in [5, 5.41) is 9.62. The number of fused-ring (bicyclic) bond motifs is 1. The molecular formula is C16H24N2O9. The summed E-state index contributed by atoms with van der Waals surface area (Å²) in [7, 11) is 0. The molecule has 1 amide bonds. The summed E-state index contributed by atoms with van der Waals surface area (Å²) in [4.78, 5) is 41.3. The SMILES string of the molecule is CC(C)(C)OC(=O)N1CCC[C@H]1C(=O)O[C@H]1CO[C@H]2[C@H]1OC[C@H]2O[N+](=O)[O-]. The number of nitrogens with zero attached hydrogens (tertiary/aromatic N) is 2. The van der Waals surface area contributed by atoms with Gasteiger partial charge in [-0.2, -0.15) is 0 Å². The quantitative estimate of drug-likeness (QED) is 0.388. The molecule has 0 spiro atoms. The summed E-state index contributed by atoms with van der Waals surface area (Å²) in [5.74, 6) is -0.560. The fourth-order valence-corrected chi connectivity index (χ4v) is 3.51. The van der Waals surface area contributed by atoms with Crippen molar-refractivity contribution >= 4 is 12.1 Å². The number of hydrogen-bond acceptors (Lipinski definition) is 9. The Balaban J connectivity index is 1.57. The van der Waals surface area contributed by atoms with E-state index in [1.54, 1.807) is 20.8 Å². The minimum atomic E-state index is -0.893. The van der Waals surface area contributed by atoms with Crippen LogP contribution in [0.3, 0.4) is 0 Å². The second kappa shape index (κ2) is 7.47. The van der Waals surface area contributed by atoms with Crippen molar-refractivity contribution in [2.45, 2.75) is 69.7 Å². The number of amides is 1. The Morgan fingerprint density at radius 3 is 2.41 bits per heavy atom. The lowest BCUT2D eigenvalue weighted by molar-refractivity contribution is -0.769. The third-order valence-electron chi connectivity index (χ3n) is 4.60. The van der Waals surface area contributed by atoms with E-state index in [1.165, 1.54) is 4.90 Å². The first-order chi connectivity index (χ1) is 12.7. The Kier molecular flexibility index (Phi) is 5.43. The van der Waals surface area contributed by atoms with Crippen LogP contribution in [0.2, 0.25) is 0 Å². The maximum absolute atomic E-state index is 12.6. The Hall–Kier alpha value is -2.14. The van der Waals surface area contributed by atoms with Crippen molar-refractivity contribution < 1.29 is 38.5 Å². The van der Waals surface area contributed by atoms with Crippen LogP contribution in [-0.2, 0) is 28.6 Å². The van der Waals surface area contributed by atoms with Crippen LogP contribution in [0.4, 0.5) is 4.79 Å². The number of likely N-dealkylation sites (tertiary alicyclic amines) is 1. The molecule has 3 rings (SSSR count). The molecular weight excluding hydrogens is 364 g/mol. The van der Waals surface area contributed by atoms with Gasteiger partial charge < -0.3 is 23.8 Å². The number of hydrogen-bond donors (Lipinski definition) is 0. The first kappa shape index (κ1) is 19.6. The smallest absolute Gasteiger partial charge is 0.411 e. The molecule has 0 N–H and O–H groups in total. The summed E-state index contributed by atoms with van der Waals surface area (Å²) in [6.45, 7) is 5.72. The van der Waals surface area contributed by atoms with E-state index in [2.05, 4.69) is 4.84 Å². The molecule has 0 unspecified atom stereocenters. The van der Waals surface area contributed by atoms with Crippen molar-refractivity contribution in [3.63, 3.8) is 0 Å². The highest BCUT2D eigenvalue weighted by Crippen LogP contribution is 2.31. The zero-order valence-corrected chi connectivity index (χ0v) is 15.5. The Bertz CT molecular complexity index is 605. The lowest BCUT2D eigenvalue weighted by Crippen LogP contribution is -2.46. The van der Waals surface area contributed by atoms with Crippen LogP contribution >= 0.6 is 0 Å². The Morgan fingerprint density at radius 1 is 1.15 bits per heavy atom. The number of carbonyl (C=O) groups excluding carboxylic acids is 2. The molecule has 11 nitrogen and oxygen atoms in total. The van der Waals surface area contributed by atoms with Crippen molar-refractivity contribution in [3.05, 3.63) is 10.1 Å². The summed E-state index contributed by atoms with van der Waals surface area (Å²) in [5.41, 5.74) is -0.662. The molecule has 152 valence electrons. The van der Waals surface area contributed by atoms with Gasteiger partial charge in [0.05, 0.1) is 13.2 Å². The molecule has 3 saturated heterocycles. The highest BCUT2D eigenvalue weighted by atomic mass is 17.0. The predicted octanol–water partition coefficient (Wildman–Crippen LogP) is 0.672. The van der Waals surface area contributed by atoms with E-state index in [9.17, 15) is 19.7 Å². The van der Waals surface area contributed by atoms with E-state index in [-0.39, 0.29) is 13.2 Å². The van der Waals surface area contributed by atoms with E-state index < -0.39 is 53.2 Å². The van der Waals surface area contributed by atoms with Crippen LogP contribution < -0.4 is 0 Å². The predicted molar refractivity (Wildman–Crippen MR) is 87.2 cm³/mol. The highest BCUT2D eigenvalue weighted by molar-refractivity contribution is 5.82. The zero-order chi connectivity index (χ0) is 19.8. The van der Waals surface area contributed by atoms with E-state index in [0.717, 1.165) is 0 Å². The molecule has 0 aromatic heterocycles. The summed E-state index contributed by atoms with van der Waals surface area (Å²) >= 11 is 0. The van der Waals surface area contributed by atoms with Gasteiger partial charge in [0.15, 0.2) is 12.2 Å². The minimum absolute atomic E-state index is 0.0160. The minimum Gasteiger partial charge on any atom is -0.455 e. The van der Waals surface area contributed by atoms with Gasteiger partial charge in [-0.05, 0) is 33.6 Å². The molecule has 11 heteroatoms. The number of esters is 1. The first-order valence-corrected chi connectivity index (χ1v) is 8.90. The van der Waals surface area contributed by atoms with Crippen molar-refractivity contribution in [2.75, 3.05) is 19.8 Å². The number of ether oxygens (including phenoxy) is 4.